The lowest BCUT2D eigenvalue weighted by Crippen LogP contribution is -2.02. The van der Waals surface area contributed by atoms with Gasteiger partial charge in [-0.1, -0.05) is 91.0 Å². The molecule has 0 atom stereocenters. The Hall–Kier alpha value is -3.72. The zero-order valence-electron chi connectivity index (χ0n) is 16.7. The summed E-state index contributed by atoms with van der Waals surface area (Å²) in [7, 11) is 0. The van der Waals surface area contributed by atoms with Gasteiger partial charge < -0.3 is 14.2 Å². The van der Waals surface area contributed by atoms with Crippen LogP contribution in [0.15, 0.2) is 103 Å². The summed E-state index contributed by atoms with van der Waals surface area (Å²) in [5.41, 5.74) is 3.27. The van der Waals surface area contributed by atoms with E-state index in [0.717, 1.165) is 16.7 Å². The molecule has 0 aliphatic carbocycles. The highest BCUT2D eigenvalue weighted by Gasteiger charge is 2.10. The van der Waals surface area contributed by atoms with E-state index < -0.39 is 0 Å². The van der Waals surface area contributed by atoms with Crippen LogP contribution in [0.1, 0.15) is 16.7 Å². The first kappa shape index (κ1) is 19.6. The van der Waals surface area contributed by atoms with Crippen LogP contribution in [-0.4, -0.2) is 0 Å². The van der Waals surface area contributed by atoms with Crippen LogP contribution >= 0.6 is 0 Å². The molecular formula is C27H23O3. The summed E-state index contributed by atoms with van der Waals surface area (Å²) in [5, 5.41) is 0. The first-order chi connectivity index (χ1) is 14.9. The minimum Gasteiger partial charge on any atom is -0.488 e. The van der Waals surface area contributed by atoms with Crippen LogP contribution in [0.25, 0.3) is 0 Å². The molecule has 4 aromatic carbocycles. The third-order valence-electron chi connectivity index (χ3n) is 4.55. The van der Waals surface area contributed by atoms with Crippen LogP contribution in [-0.2, 0) is 19.8 Å². The SMILES string of the molecule is [c]1c(OCc2ccccc2)ccc(OCc2ccccc2)c1OCc1ccccc1. The van der Waals surface area contributed by atoms with E-state index in [2.05, 4.69) is 6.07 Å². The van der Waals surface area contributed by atoms with Crippen molar-refractivity contribution in [1.29, 1.82) is 0 Å². The second-order valence-corrected chi connectivity index (χ2v) is 6.84. The van der Waals surface area contributed by atoms with Gasteiger partial charge in [0, 0.05) is 0 Å². The molecule has 0 fully saturated rings. The van der Waals surface area contributed by atoms with Crippen LogP contribution in [0.2, 0.25) is 0 Å². The van der Waals surface area contributed by atoms with E-state index in [1.807, 2.05) is 103 Å². The fraction of sp³-hybridized carbons (Fsp3) is 0.111. The summed E-state index contributed by atoms with van der Waals surface area (Å²) in [6.45, 7) is 1.36. The van der Waals surface area contributed by atoms with Crippen molar-refractivity contribution in [3.05, 3.63) is 126 Å². The van der Waals surface area contributed by atoms with Crippen LogP contribution in [0.4, 0.5) is 0 Å². The van der Waals surface area contributed by atoms with Crippen molar-refractivity contribution in [2.24, 2.45) is 0 Å². The molecule has 149 valence electrons. The number of rotatable bonds is 9. The van der Waals surface area contributed by atoms with E-state index >= 15 is 0 Å². The van der Waals surface area contributed by atoms with E-state index in [1.165, 1.54) is 0 Å². The average Bonchev–Trinajstić information content (AvgIpc) is 2.82. The molecule has 0 N–H and O–H groups in total. The second kappa shape index (κ2) is 10.2. The van der Waals surface area contributed by atoms with Crippen molar-refractivity contribution >= 4 is 0 Å². The van der Waals surface area contributed by atoms with Gasteiger partial charge in [0.05, 0.1) is 6.07 Å². The molecule has 0 heterocycles. The molecule has 4 aromatic rings. The largest absolute Gasteiger partial charge is 0.488 e. The monoisotopic (exact) mass is 395 g/mol. The Kier molecular flexibility index (Phi) is 6.64. The molecular weight excluding hydrogens is 372 g/mol. The lowest BCUT2D eigenvalue weighted by Gasteiger charge is -2.15. The molecule has 4 rings (SSSR count). The quantitative estimate of drug-likeness (QED) is 0.336. The third-order valence-corrected chi connectivity index (χ3v) is 4.55. The van der Waals surface area contributed by atoms with Gasteiger partial charge in [-0.3, -0.25) is 0 Å². The minimum absolute atomic E-state index is 0.432. The van der Waals surface area contributed by atoms with Crippen LogP contribution < -0.4 is 14.2 Å². The van der Waals surface area contributed by atoms with Crippen molar-refractivity contribution in [3.63, 3.8) is 0 Å². The predicted octanol–water partition coefficient (Wildman–Crippen LogP) is 6.22. The molecule has 0 saturated carbocycles. The van der Waals surface area contributed by atoms with Crippen molar-refractivity contribution in [3.8, 4) is 17.2 Å². The van der Waals surface area contributed by atoms with Gasteiger partial charge in [-0.05, 0) is 28.8 Å². The molecule has 0 amide bonds. The molecule has 3 heteroatoms. The van der Waals surface area contributed by atoms with E-state index in [-0.39, 0.29) is 0 Å². The van der Waals surface area contributed by atoms with Gasteiger partial charge in [0.25, 0.3) is 0 Å². The molecule has 0 spiro atoms. The highest BCUT2D eigenvalue weighted by Crippen LogP contribution is 2.32. The molecule has 0 aliphatic rings. The van der Waals surface area contributed by atoms with Crippen LogP contribution in [0.5, 0.6) is 17.2 Å². The lowest BCUT2D eigenvalue weighted by molar-refractivity contribution is 0.250. The third kappa shape index (κ3) is 5.65. The fourth-order valence-corrected chi connectivity index (χ4v) is 2.95. The summed E-state index contributed by atoms with van der Waals surface area (Å²) in [5.74, 6) is 1.80. The summed E-state index contributed by atoms with van der Waals surface area (Å²) in [6, 6.07) is 37.1. The van der Waals surface area contributed by atoms with Gasteiger partial charge in [0.1, 0.15) is 25.6 Å². The molecule has 0 saturated heterocycles. The Labute approximate surface area is 177 Å². The maximum Gasteiger partial charge on any atom is 0.173 e. The molecule has 1 radical (unpaired) electrons. The van der Waals surface area contributed by atoms with E-state index in [4.69, 9.17) is 14.2 Å². The van der Waals surface area contributed by atoms with Crippen LogP contribution in [0, 0.1) is 6.07 Å². The highest BCUT2D eigenvalue weighted by atomic mass is 16.5. The number of benzene rings is 4. The van der Waals surface area contributed by atoms with Gasteiger partial charge in [-0.15, -0.1) is 0 Å². The minimum atomic E-state index is 0.432. The van der Waals surface area contributed by atoms with E-state index in [1.54, 1.807) is 0 Å². The van der Waals surface area contributed by atoms with E-state index in [9.17, 15) is 0 Å². The van der Waals surface area contributed by atoms with Gasteiger partial charge >= 0.3 is 0 Å². The zero-order chi connectivity index (χ0) is 20.4. The van der Waals surface area contributed by atoms with Gasteiger partial charge in [0.15, 0.2) is 11.5 Å². The molecule has 30 heavy (non-hydrogen) atoms. The van der Waals surface area contributed by atoms with Crippen molar-refractivity contribution < 1.29 is 14.2 Å². The maximum atomic E-state index is 6.04. The van der Waals surface area contributed by atoms with Crippen molar-refractivity contribution in [2.75, 3.05) is 0 Å². The van der Waals surface area contributed by atoms with Gasteiger partial charge in [-0.2, -0.15) is 0 Å². The molecule has 0 aliphatic heterocycles. The molecule has 0 bridgehead atoms. The number of ether oxygens (including phenoxy) is 3. The van der Waals surface area contributed by atoms with E-state index in [0.29, 0.717) is 37.1 Å². The Bertz CT molecular complexity index is 1030. The van der Waals surface area contributed by atoms with Crippen molar-refractivity contribution in [1.82, 2.24) is 0 Å². The van der Waals surface area contributed by atoms with Gasteiger partial charge in [0.2, 0.25) is 0 Å². The smallest absolute Gasteiger partial charge is 0.173 e. The average molecular weight is 395 g/mol. The summed E-state index contributed by atoms with van der Waals surface area (Å²) < 4.78 is 18.0. The Morgan fingerprint density at radius 1 is 0.467 bits per heavy atom. The Morgan fingerprint density at radius 3 is 1.47 bits per heavy atom. The predicted molar refractivity (Wildman–Crippen MR) is 118 cm³/mol. The Balaban J connectivity index is 1.48. The summed E-state index contributed by atoms with van der Waals surface area (Å²) in [4.78, 5) is 0. The zero-order valence-corrected chi connectivity index (χ0v) is 16.7. The first-order valence-electron chi connectivity index (χ1n) is 9.93. The second-order valence-electron chi connectivity index (χ2n) is 6.84. The lowest BCUT2D eigenvalue weighted by atomic mass is 10.2. The highest BCUT2D eigenvalue weighted by molar-refractivity contribution is 5.44. The molecule has 3 nitrogen and oxygen atoms in total. The summed E-state index contributed by atoms with van der Waals surface area (Å²) in [6.07, 6.45) is 0. The number of hydrogen-bond acceptors (Lipinski definition) is 3. The standard InChI is InChI=1S/C27H23O3/c1-4-10-22(11-5-1)19-28-25-16-17-26(29-20-23-12-6-2-7-13-23)27(18-25)30-21-24-14-8-3-9-15-24/h1-17H,19-21H2. The maximum absolute atomic E-state index is 6.04. The fourth-order valence-electron chi connectivity index (χ4n) is 2.95. The molecule has 0 unspecified atom stereocenters. The Morgan fingerprint density at radius 2 is 0.933 bits per heavy atom. The number of hydrogen-bond donors (Lipinski definition) is 0. The van der Waals surface area contributed by atoms with Crippen molar-refractivity contribution in [2.45, 2.75) is 19.8 Å². The van der Waals surface area contributed by atoms with Crippen LogP contribution in [0.3, 0.4) is 0 Å². The first-order valence-corrected chi connectivity index (χ1v) is 9.93. The summed E-state index contributed by atoms with van der Waals surface area (Å²) >= 11 is 0. The van der Waals surface area contributed by atoms with Gasteiger partial charge in [-0.25, -0.2) is 0 Å². The topological polar surface area (TPSA) is 27.7 Å². The normalized spacial score (nSPS) is 10.4. The molecule has 0 aromatic heterocycles.